The van der Waals surface area contributed by atoms with E-state index in [1.54, 1.807) is 0 Å². The lowest BCUT2D eigenvalue weighted by Crippen LogP contribution is -2.20. The van der Waals surface area contributed by atoms with Crippen LogP contribution < -0.4 is 0 Å². The summed E-state index contributed by atoms with van der Waals surface area (Å²) in [5, 5.41) is -3.66. The molecule has 0 heterocycles. The largest absolute Gasteiger partial charge is 0.380 e. The summed E-state index contributed by atoms with van der Waals surface area (Å²) in [6.07, 6.45) is 1.06. The molecule has 0 aliphatic rings. The first-order valence-electron chi connectivity index (χ1n) is 3.08. The van der Waals surface area contributed by atoms with E-state index in [2.05, 4.69) is 11.6 Å². The lowest BCUT2D eigenvalue weighted by atomic mass is 10.2. The molecule has 0 atom stereocenters. The van der Waals surface area contributed by atoms with Crippen molar-refractivity contribution in [2.75, 3.05) is 0 Å². The first-order valence-corrected chi connectivity index (χ1v) is 3.46. The van der Waals surface area contributed by atoms with E-state index in [9.17, 15) is 13.6 Å². The molecule has 1 nitrogen and oxygen atoms in total. The summed E-state index contributed by atoms with van der Waals surface area (Å²) in [6, 6.07) is 0. The van der Waals surface area contributed by atoms with Crippen molar-refractivity contribution in [3.63, 3.8) is 0 Å². The second-order valence-corrected chi connectivity index (χ2v) is 2.50. The number of carbonyl (C=O) groups is 1. The Hall–Kier alpha value is -0.180. The molecule has 0 aromatic heterocycles. The van der Waals surface area contributed by atoms with Gasteiger partial charge in [0.2, 0.25) is 5.78 Å². The van der Waals surface area contributed by atoms with Gasteiger partial charge in [0.1, 0.15) is 0 Å². The number of alkyl halides is 3. The summed E-state index contributed by atoms with van der Waals surface area (Å²) < 4.78 is 23.7. The number of halogens is 3. The van der Waals surface area contributed by atoms with Gasteiger partial charge in [-0.05, 0) is 18.0 Å². The summed E-state index contributed by atoms with van der Waals surface area (Å²) in [4.78, 5) is 10.3. The monoisotopic (exact) mass is 170 g/mol. The number of ketones is 1. The Morgan fingerprint density at radius 3 is 2.40 bits per heavy atom. The van der Waals surface area contributed by atoms with E-state index >= 15 is 0 Å². The van der Waals surface area contributed by atoms with Crippen LogP contribution in [0, 0.1) is 0 Å². The van der Waals surface area contributed by atoms with Crippen LogP contribution in [0.3, 0.4) is 0 Å². The molecule has 10 heavy (non-hydrogen) atoms. The molecule has 0 aliphatic heterocycles. The average molecular weight is 171 g/mol. The predicted octanol–water partition coefficient (Wildman–Crippen LogP) is 2.58. The highest BCUT2D eigenvalue weighted by Crippen LogP contribution is 2.22. The van der Waals surface area contributed by atoms with Crippen molar-refractivity contribution in [1.82, 2.24) is 0 Å². The molecule has 0 fully saturated rings. The molecule has 0 unspecified atom stereocenters. The minimum Gasteiger partial charge on any atom is -0.291 e. The summed E-state index contributed by atoms with van der Waals surface area (Å²) in [7, 11) is 0. The summed E-state index contributed by atoms with van der Waals surface area (Å²) >= 11 is 4.44. The van der Waals surface area contributed by atoms with Gasteiger partial charge in [0.25, 0.3) is 0 Å². The number of unbranched alkanes of at least 4 members (excludes halogenated alkanes) is 1. The van der Waals surface area contributed by atoms with Gasteiger partial charge >= 0.3 is 5.38 Å². The van der Waals surface area contributed by atoms with Crippen LogP contribution in [0.2, 0.25) is 0 Å². The van der Waals surface area contributed by atoms with Gasteiger partial charge in [-0.15, -0.1) is 0 Å². The molecule has 4 heteroatoms. The highest BCUT2D eigenvalue weighted by atomic mass is 35.5. The van der Waals surface area contributed by atoms with E-state index in [4.69, 9.17) is 0 Å². The van der Waals surface area contributed by atoms with Gasteiger partial charge in [-0.25, -0.2) is 0 Å². The van der Waals surface area contributed by atoms with Gasteiger partial charge in [0, 0.05) is 6.42 Å². The van der Waals surface area contributed by atoms with Crippen LogP contribution in [0.4, 0.5) is 8.78 Å². The maximum Gasteiger partial charge on any atom is 0.380 e. The zero-order chi connectivity index (χ0) is 8.20. The standard InChI is InChI=1S/C6H9ClF2O/c1-2-3-4-5(10)6(7,8)9/h2-4H2,1H3. The van der Waals surface area contributed by atoms with Crippen molar-refractivity contribution in [1.29, 1.82) is 0 Å². The zero-order valence-electron chi connectivity index (χ0n) is 5.66. The van der Waals surface area contributed by atoms with E-state index in [0.717, 1.165) is 6.42 Å². The number of Topliss-reactive ketones (excluding diaryl/α,β-unsaturated/α-hetero) is 1. The molecule has 0 spiro atoms. The Kier molecular flexibility index (Phi) is 3.79. The van der Waals surface area contributed by atoms with Crippen LogP contribution in [-0.2, 0) is 4.79 Å². The summed E-state index contributed by atoms with van der Waals surface area (Å²) in [6.45, 7) is 1.82. The Morgan fingerprint density at radius 2 is 2.10 bits per heavy atom. The lowest BCUT2D eigenvalue weighted by molar-refractivity contribution is -0.133. The molecule has 0 saturated carbocycles. The third-order valence-electron chi connectivity index (χ3n) is 1.07. The predicted molar refractivity (Wildman–Crippen MR) is 35.3 cm³/mol. The first kappa shape index (κ1) is 9.82. The fraction of sp³-hybridized carbons (Fsp3) is 0.833. The first-order chi connectivity index (χ1) is 4.48. The molecule has 0 bridgehead atoms. The third kappa shape index (κ3) is 3.77. The molecule has 0 amide bonds. The second-order valence-electron chi connectivity index (χ2n) is 2.02. The van der Waals surface area contributed by atoms with Crippen LogP contribution >= 0.6 is 11.6 Å². The fourth-order valence-corrected chi connectivity index (χ4v) is 0.574. The van der Waals surface area contributed by atoms with Crippen molar-refractivity contribution < 1.29 is 13.6 Å². The number of hydrogen-bond acceptors (Lipinski definition) is 1. The van der Waals surface area contributed by atoms with Crippen LogP contribution in [0.5, 0.6) is 0 Å². The topological polar surface area (TPSA) is 17.1 Å². The van der Waals surface area contributed by atoms with Crippen molar-refractivity contribution in [2.24, 2.45) is 0 Å². The number of rotatable bonds is 4. The Balaban J connectivity index is 3.64. The smallest absolute Gasteiger partial charge is 0.291 e. The Bertz CT molecular complexity index is 119. The number of hydrogen-bond donors (Lipinski definition) is 0. The van der Waals surface area contributed by atoms with Gasteiger partial charge in [-0.2, -0.15) is 8.78 Å². The molecule has 0 rings (SSSR count). The van der Waals surface area contributed by atoms with Gasteiger partial charge in [-0.1, -0.05) is 13.3 Å². The fourth-order valence-electron chi connectivity index (χ4n) is 0.479. The van der Waals surface area contributed by atoms with Gasteiger partial charge in [0.15, 0.2) is 0 Å². The Morgan fingerprint density at radius 1 is 1.60 bits per heavy atom. The van der Waals surface area contributed by atoms with Crippen molar-refractivity contribution in [3.05, 3.63) is 0 Å². The molecule has 0 N–H and O–H groups in total. The quantitative estimate of drug-likeness (QED) is 0.593. The molecule has 0 radical (unpaired) electrons. The average Bonchev–Trinajstić information content (AvgIpc) is 1.80. The number of carbonyl (C=O) groups excluding carboxylic acids is 1. The van der Waals surface area contributed by atoms with E-state index in [0.29, 0.717) is 6.42 Å². The van der Waals surface area contributed by atoms with E-state index < -0.39 is 11.2 Å². The SMILES string of the molecule is CCCCC(=O)C(F)(F)Cl. The maximum absolute atomic E-state index is 11.9. The molecule has 60 valence electrons. The minimum atomic E-state index is -3.66. The van der Waals surface area contributed by atoms with Crippen LogP contribution in [-0.4, -0.2) is 11.2 Å². The summed E-state index contributed by atoms with van der Waals surface area (Å²) in [5.41, 5.74) is 0. The zero-order valence-corrected chi connectivity index (χ0v) is 6.42. The van der Waals surface area contributed by atoms with Gasteiger partial charge in [-0.3, -0.25) is 4.79 Å². The van der Waals surface area contributed by atoms with E-state index in [1.165, 1.54) is 0 Å². The molecular weight excluding hydrogens is 162 g/mol. The van der Waals surface area contributed by atoms with Crippen LogP contribution in [0.1, 0.15) is 26.2 Å². The van der Waals surface area contributed by atoms with Crippen molar-refractivity contribution in [2.45, 2.75) is 31.6 Å². The van der Waals surface area contributed by atoms with Crippen LogP contribution in [0.15, 0.2) is 0 Å². The van der Waals surface area contributed by atoms with E-state index in [-0.39, 0.29) is 6.42 Å². The van der Waals surface area contributed by atoms with Gasteiger partial charge < -0.3 is 0 Å². The van der Waals surface area contributed by atoms with E-state index in [1.807, 2.05) is 6.92 Å². The summed E-state index contributed by atoms with van der Waals surface area (Å²) in [5.74, 6) is -1.18. The third-order valence-corrected chi connectivity index (χ3v) is 1.28. The van der Waals surface area contributed by atoms with Crippen molar-refractivity contribution >= 4 is 17.4 Å². The molecule has 0 aliphatic carbocycles. The molecular formula is C6H9ClF2O. The van der Waals surface area contributed by atoms with Gasteiger partial charge in [0.05, 0.1) is 0 Å². The normalized spacial score (nSPS) is 11.6. The highest BCUT2D eigenvalue weighted by molar-refractivity contribution is 6.32. The molecule has 0 aromatic rings. The lowest BCUT2D eigenvalue weighted by Gasteiger charge is -2.04. The second kappa shape index (κ2) is 3.86. The Labute approximate surface area is 63.4 Å². The minimum absolute atomic E-state index is 0.132. The molecule has 0 aromatic carbocycles. The van der Waals surface area contributed by atoms with Crippen LogP contribution in [0.25, 0.3) is 0 Å². The van der Waals surface area contributed by atoms with Crippen molar-refractivity contribution in [3.8, 4) is 0 Å². The maximum atomic E-state index is 11.9. The highest BCUT2D eigenvalue weighted by Gasteiger charge is 2.34. The molecule has 0 saturated heterocycles.